The number of aromatic nitrogens is 2. The van der Waals surface area contributed by atoms with Crippen LogP contribution in [0.4, 0.5) is 17.1 Å². The van der Waals surface area contributed by atoms with E-state index in [0.29, 0.717) is 56.8 Å². The summed E-state index contributed by atoms with van der Waals surface area (Å²) in [6, 6.07) is 18.5. The number of nitrogens with zero attached hydrogens (tertiary/aromatic N) is 5. The topological polar surface area (TPSA) is 209 Å². The summed E-state index contributed by atoms with van der Waals surface area (Å²) in [6.07, 6.45) is 9.43. The summed E-state index contributed by atoms with van der Waals surface area (Å²) in [5.74, 6) is -0.479. The first-order valence-corrected chi connectivity index (χ1v) is 26.5. The van der Waals surface area contributed by atoms with Crippen LogP contribution in [-0.2, 0) is 20.0 Å². The van der Waals surface area contributed by atoms with Crippen molar-refractivity contribution >= 4 is 71.2 Å². The Balaban J connectivity index is 0.919. The number of nitrogens with one attached hydrogen (secondary N) is 3. The molecule has 2 saturated heterocycles. The van der Waals surface area contributed by atoms with E-state index in [1.807, 2.05) is 18.2 Å². The lowest BCUT2D eigenvalue weighted by atomic mass is 9.72. The first-order valence-electron chi connectivity index (χ1n) is 22.8. The summed E-state index contributed by atoms with van der Waals surface area (Å²) >= 11 is 6.25. The molecule has 1 aliphatic carbocycles. The number of allylic oxidation sites excluding steroid dienone is 1. The number of aromatic amines is 1. The van der Waals surface area contributed by atoms with Gasteiger partial charge in [0.1, 0.15) is 23.8 Å². The molecule has 4 aliphatic rings. The van der Waals surface area contributed by atoms with Crippen molar-refractivity contribution in [3.8, 4) is 17.2 Å². The molecule has 3 aromatic carbocycles. The van der Waals surface area contributed by atoms with Crippen molar-refractivity contribution in [2.45, 2.75) is 63.3 Å². The van der Waals surface area contributed by atoms with Gasteiger partial charge in [0.15, 0.2) is 11.4 Å². The molecule has 0 saturated carbocycles. The third-order valence-electron chi connectivity index (χ3n) is 13.6. The van der Waals surface area contributed by atoms with Gasteiger partial charge in [-0.3, -0.25) is 19.8 Å². The van der Waals surface area contributed by atoms with Gasteiger partial charge in [-0.2, -0.15) is 0 Å². The summed E-state index contributed by atoms with van der Waals surface area (Å²) < 4.78 is 67.7. The minimum atomic E-state index is -4.70. The fraction of sp³-hybridized carbons (Fsp3) is 0.417. The summed E-state index contributed by atoms with van der Waals surface area (Å²) in [6.45, 7) is 9.39. The number of pyridine rings is 1. The van der Waals surface area contributed by atoms with Crippen LogP contribution < -0.4 is 24.4 Å². The SMILES string of the molecule is CC1(C)CCC(CN2CCN(c3ccc(C(=O)NS(=O)(=O)c4cc5c(c([N+](=O)[O-])c4)N[C@H](CC4CCN(S(C)(=O)=O)CC4)CO5)c(Oc4cnc5[nH]ccc5c4)c3)CC2)=C(c2ccc(Cl)cc2)C1. The third kappa shape index (κ3) is 10.6. The Morgan fingerprint density at radius 3 is 2.47 bits per heavy atom. The van der Waals surface area contributed by atoms with Crippen LogP contribution in [-0.4, -0.2) is 112 Å². The molecule has 3 N–H and O–H groups in total. The molecule has 17 nitrogen and oxygen atoms in total. The average molecular weight is 988 g/mol. The second-order valence-electron chi connectivity index (χ2n) is 19.1. The number of halogens is 1. The lowest BCUT2D eigenvalue weighted by Crippen LogP contribution is -2.47. The summed E-state index contributed by atoms with van der Waals surface area (Å²) in [4.78, 5) is 37.4. The second kappa shape index (κ2) is 19.0. The summed E-state index contributed by atoms with van der Waals surface area (Å²) in [5, 5.41) is 17.1. The summed E-state index contributed by atoms with van der Waals surface area (Å²) in [5.41, 5.74) is 5.11. The minimum Gasteiger partial charge on any atom is -0.489 e. The molecule has 1 amide bonds. The molecule has 0 bridgehead atoms. The van der Waals surface area contributed by atoms with Gasteiger partial charge >= 0.3 is 0 Å². The van der Waals surface area contributed by atoms with E-state index in [4.69, 9.17) is 21.1 Å². The van der Waals surface area contributed by atoms with E-state index >= 15 is 0 Å². The highest BCUT2D eigenvalue weighted by molar-refractivity contribution is 7.90. The van der Waals surface area contributed by atoms with Crippen molar-refractivity contribution in [2.24, 2.45) is 11.3 Å². The van der Waals surface area contributed by atoms with E-state index in [2.05, 4.69) is 55.8 Å². The maximum atomic E-state index is 14.1. The second-order valence-corrected chi connectivity index (χ2v) is 23.2. The molecule has 0 unspecified atom stereocenters. The van der Waals surface area contributed by atoms with Crippen molar-refractivity contribution in [2.75, 3.05) is 68.9 Å². The number of ether oxygens (including phenoxy) is 2. The van der Waals surface area contributed by atoms with Crippen LogP contribution in [0, 0.1) is 21.4 Å². The number of benzene rings is 3. The van der Waals surface area contributed by atoms with E-state index in [9.17, 15) is 31.7 Å². The molecule has 20 heteroatoms. The van der Waals surface area contributed by atoms with Crippen LogP contribution in [0.2, 0.25) is 5.02 Å². The monoisotopic (exact) mass is 986 g/mol. The smallest absolute Gasteiger partial charge is 0.297 e. The van der Waals surface area contributed by atoms with E-state index in [-0.39, 0.29) is 46.7 Å². The number of piperidine rings is 1. The van der Waals surface area contributed by atoms with Gasteiger partial charge in [-0.25, -0.2) is 30.8 Å². The number of rotatable bonds is 13. The molecular weight excluding hydrogens is 932 g/mol. The highest BCUT2D eigenvalue weighted by atomic mass is 35.5. The molecule has 2 fully saturated rings. The van der Waals surface area contributed by atoms with E-state index in [0.717, 1.165) is 67.1 Å². The van der Waals surface area contributed by atoms with E-state index < -0.39 is 41.5 Å². The van der Waals surface area contributed by atoms with Gasteiger partial charge in [0.25, 0.3) is 21.6 Å². The molecule has 9 rings (SSSR count). The quantitative estimate of drug-likeness (QED) is 0.0754. The van der Waals surface area contributed by atoms with E-state index in [1.165, 1.54) is 39.5 Å². The van der Waals surface area contributed by atoms with Crippen molar-refractivity contribution in [1.29, 1.82) is 0 Å². The van der Waals surface area contributed by atoms with Gasteiger partial charge in [0.05, 0.1) is 33.9 Å². The van der Waals surface area contributed by atoms with Gasteiger partial charge in [0.2, 0.25) is 10.0 Å². The van der Waals surface area contributed by atoms with Gasteiger partial charge in [0, 0.05) is 86.3 Å². The predicted octanol–water partition coefficient (Wildman–Crippen LogP) is 8.06. The van der Waals surface area contributed by atoms with Crippen molar-refractivity contribution < 1.29 is 36.0 Å². The minimum absolute atomic E-state index is 0.0306. The average Bonchev–Trinajstić information content (AvgIpc) is 3.77. The maximum absolute atomic E-state index is 14.1. The molecule has 1 atom stereocenters. The molecule has 3 aliphatic heterocycles. The highest BCUT2D eigenvalue weighted by Gasteiger charge is 2.35. The van der Waals surface area contributed by atoms with Gasteiger partial charge in [-0.15, -0.1) is 0 Å². The van der Waals surface area contributed by atoms with Gasteiger partial charge in [-0.05, 0) is 97.4 Å². The number of carbonyl (C=O) groups excluding carboxylic acids is 1. The number of piperazine rings is 1. The van der Waals surface area contributed by atoms with Crippen LogP contribution in [0.15, 0.2) is 89.6 Å². The largest absolute Gasteiger partial charge is 0.489 e. The Morgan fingerprint density at radius 1 is 1.00 bits per heavy atom. The van der Waals surface area contributed by atoms with Crippen molar-refractivity contribution in [1.82, 2.24) is 23.9 Å². The number of nitro benzene ring substituents is 1. The molecule has 5 heterocycles. The standard InChI is InChI=1S/C48H55ClN8O9S2/c1-48(2)14-10-34(41(27-48)32-4-6-35(49)7-5-32)29-54-18-20-55(21-19-54)37-8-9-40(43(24-37)66-38-23-33-11-15-50-46(33)51-28-38)47(58)53-68(63,64)39-25-42(57(59)60)45-44(26-39)65-30-36(52-45)22-31-12-16-56(17-13-31)67(3,61)62/h4-9,11,15,23-26,28,31,36,52H,10,12-14,16-22,27,29-30H2,1-3H3,(H,50,51)(H,53,58)/t36-/m1/s1. The van der Waals surface area contributed by atoms with Crippen LogP contribution in [0.3, 0.4) is 0 Å². The molecule has 2 aromatic heterocycles. The van der Waals surface area contributed by atoms with Crippen molar-refractivity contribution in [3.63, 3.8) is 0 Å². The summed E-state index contributed by atoms with van der Waals surface area (Å²) in [7, 11) is -8.00. The number of carbonyl (C=O) groups is 1. The number of nitro groups is 1. The fourth-order valence-corrected chi connectivity index (χ4v) is 11.8. The highest BCUT2D eigenvalue weighted by Crippen LogP contribution is 2.44. The lowest BCUT2D eigenvalue weighted by Gasteiger charge is -2.39. The zero-order chi connectivity index (χ0) is 48.0. The Morgan fingerprint density at radius 2 is 1.75 bits per heavy atom. The van der Waals surface area contributed by atoms with Crippen molar-refractivity contribution in [3.05, 3.63) is 111 Å². The first kappa shape index (κ1) is 47.3. The number of H-pyrrole nitrogens is 1. The van der Waals surface area contributed by atoms with Crippen LogP contribution in [0.5, 0.6) is 17.2 Å². The van der Waals surface area contributed by atoms with Crippen LogP contribution in [0.25, 0.3) is 16.6 Å². The first-order chi connectivity index (χ1) is 32.4. The number of amides is 1. The Labute approximate surface area is 401 Å². The lowest BCUT2D eigenvalue weighted by molar-refractivity contribution is -0.384. The maximum Gasteiger partial charge on any atom is 0.297 e. The number of hydrogen-bond acceptors (Lipinski definition) is 13. The Kier molecular flexibility index (Phi) is 13.2. The third-order valence-corrected chi connectivity index (χ3v) is 16.4. The molecule has 68 heavy (non-hydrogen) atoms. The van der Waals surface area contributed by atoms with E-state index in [1.54, 1.807) is 24.4 Å². The number of fused-ring (bicyclic) bond motifs is 2. The Hall–Kier alpha value is -5.73. The van der Waals surface area contributed by atoms with Gasteiger partial charge < -0.3 is 24.7 Å². The zero-order valence-corrected chi connectivity index (χ0v) is 40.6. The normalized spacial score (nSPS) is 19.5. The molecular formula is C48H55ClN8O9S2. The number of anilines is 2. The van der Waals surface area contributed by atoms with Crippen LogP contribution >= 0.6 is 11.6 Å². The van der Waals surface area contributed by atoms with Gasteiger partial charge in [-0.1, -0.05) is 43.2 Å². The predicted molar refractivity (Wildman–Crippen MR) is 262 cm³/mol. The molecule has 0 spiro atoms. The number of hydrogen-bond donors (Lipinski definition) is 3. The Bertz CT molecular complexity index is 3000. The van der Waals surface area contributed by atoms with Crippen LogP contribution in [0.1, 0.15) is 68.3 Å². The molecule has 360 valence electrons. The number of sulfonamides is 2. The molecule has 5 aromatic rings. The zero-order valence-electron chi connectivity index (χ0n) is 38.2. The molecule has 0 radical (unpaired) electrons. The fourth-order valence-electron chi connectivity index (χ4n) is 9.79.